The number of nitrogen functional groups attached to an aromatic ring is 2. The van der Waals surface area contributed by atoms with E-state index in [4.69, 9.17) is 26.9 Å². The van der Waals surface area contributed by atoms with Crippen LogP contribution < -0.4 is 27.4 Å². The number of aromatic nitrogens is 4. The third kappa shape index (κ3) is 6.64. The van der Waals surface area contributed by atoms with Gasteiger partial charge in [-0.05, 0) is 56.4 Å². The molecule has 0 bridgehead atoms. The predicted octanol–water partition coefficient (Wildman–Crippen LogP) is 3.27. The molecule has 1 aliphatic heterocycles. The third-order valence-corrected chi connectivity index (χ3v) is 7.23. The minimum absolute atomic E-state index is 0.0444. The molecule has 1 saturated heterocycles. The summed E-state index contributed by atoms with van der Waals surface area (Å²) in [5.74, 6) is 0.893. The third-order valence-electron chi connectivity index (χ3n) is 7.23. The summed E-state index contributed by atoms with van der Waals surface area (Å²) in [7, 11) is 0. The number of benzene rings is 2. The van der Waals surface area contributed by atoms with Crippen molar-refractivity contribution < 1.29 is 10.0 Å². The Hall–Kier alpha value is -5.02. The second kappa shape index (κ2) is 13.6. The Labute approximate surface area is 243 Å². The van der Waals surface area contributed by atoms with Crippen LogP contribution in [0.1, 0.15) is 49.7 Å². The van der Waals surface area contributed by atoms with Gasteiger partial charge in [0.1, 0.15) is 23.3 Å². The highest BCUT2D eigenvalue weighted by atomic mass is 16.5. The minimum Gasteiger partial charge on any atom is -0.382 e. The van der Waals surface area contributed by atoms with Crippen molar-refractivity contribution in [2.24, 2.45) is 5.92 Å². The van der Waals surface area contributed by atoms with E-state index in [1.54, 1.807) is 17.0 Å². The van der Waals surface area contributed by atoms with Gasteiger partial charge in [-0.2, -0.15) is 10.2 Å². The first kappa shape index (κ1) is 30.0. The molecule has 5 rings (SSSR count). The van der Waals surface area contributed by atoms with Gasteiger partial charge in [-0.15, -0.1) is 0 Å². The van der Waals surface area contributed by atoms with E-state index in [0.717, 1.165) is 61.5 Å². The van der Waals surface area contributed by atoms with Gasteiger partial charge in [0, 0.05) is 25.9 Å². The molecule has 6 N–H and O–H groups in total. The number of piperidine rings is 1. The number of para-hydroxylation sites is 1. The quantitative estimate of drug-likeness (QED) is 0.198. The highest BCUT2D eigenvalue weighted by Gasteiger charge is 2.24. The van der Waals surface area contributed by atoms with E-state index in [0.29, 0.717) is 23.1 Å². The monoisotopic (exact) mass is 569 g/mol. The first-order valence-corrected chi connectivity index (χ1v) is 13.8. The maximum Gasteiger partial charge on any atom is 0.268 e. The van der Waals surface area contributed by atoms with E-state index in [1.165, 1.54) is 0 Å². The molecule has 3 heterocycles. The number of carbonyl (C=O) groups is 1. The Morgan fingerprint density at radius 2 is 1.81 bits per heavy atom. The van der Waals surface area contributed by atoms with E-state index in [-0.39, 0.29) is 29.2 Å². The number of aryl methyl sites for hydroxylation is 2. The summed E-state index contributed by atoms with van der Waals surface area (Å²) in [6, 6.07) is 17.4. The van der Waals surface area contributed by atoms with Crippen molar-refractivity contribution in [1.82, 2.24) is 25.0 Å². The zero-order valence-corrected chi connectivity index (χ0v) is 23.7. The largest absolute Gasteiger partial charge is 0.382 e. The molecule has 12 heteroatoms. The molecule has 42 heavy (non-hydrogen) atoms. The van der Waals surface area contributed by atoms with Crippen LogP contribution in [0.25, 0.3) is 16.6 Å². The van der Waals surface area contributed by atoms with E-state index in [9.17, 15) is 9.59 Å². The van der Waals surface area contributed by atoms with E-state index in [1.807, 2.05) is 54.6 Å². The summed E-state index contributed by atoms with van der Waals surface area (Å²) in [6.07, 6.45) is 3.61. The maximum absolute atomic E-state index is 13.8. The highest BCUT2D eigenvalue weighted by molar-refractivity contribution is 5.91. The van der Waals surface area contributed by atoms with Crippen molar-refractivity contribution >= 4 is 34.3 Å². The van der Waals surface area contributed by atoms with E-state index in [2.05, 4.69) is 21.8 Å². The molecule has 12 nitrogen and oxygen atoms in total. The van der Waals surface area contributed by atoms with Crippen LogP contribution in [0.3, 0.4) is 0 Å². The molecule has 0 aliphatic carbocycles. The first-order valence-electron chi connectivity index (χ1n) is 13.8. The molecule has 0 atom stereocenters. The lowest BCUT2D eigenvalue weighted by Crippen LogP contribution is -2.36. The number of anilines is 3. The molecule has 218 valence electrons. The summed E-state index contributed by atoms with van der Waals surface area (Å²) in [5.41, 5.74) is 15.6. The molecule has 1 fully saturated rings. The SMILES string of the molecule is CCCc1nc2cccc(N3CCC(CC(=O)NO)CC3)c2c(=O)n1-c1ccccc1.Cc1nc(N)nc(N)c1C#N. The van der Waals surface area contributed by atoms with E-state index < -0.39 is 0 Å². The number of fused-ring (bicyclic) bond motifs is 1. The lowest BCUT2D eigenvalue weighted by atomic mass is 9.93. The second-order valence-corrected chi connectivity index (χ2v) is 10.1. The lowest BCUT2D eigenvalue weighted by molar-refractivity contribution is -0.130. The number of rotatable bonds is 6. The number of nitrogens with two attached hydrogens (primary N) is 2. The van der Waals surface area contributed by atoms with Gasteiger partial charge in [0.15, 0.2) is 0 Å². The fourth-order valence-electron chi connectivity index (χ4n) is 5.20. The minimum atomic E-state index is -0.345. The van der Waals surface area contributed by atoms with Crippen molar-refractivity contribution in [2.75, 3.05) is 29.5 Å². The Bertz CT molecular complexity index is 1630. The predicted molar refractivity (Wildman–Crippen MR) is 161 cm³/mol. The van der Waals surface area contributed by atoms with Crippen molar-refractivity contribution in [2.45, 2.75) is 46.0 Å². The number of hydrogen-bond acceptors (Lipinski definition) is 10. The Morgan fingerprint density at radius 3 is 2.43 bits per heavy atom. The second-order valence-electron chi connectivity index (χ2n) is 10.1. The van der Waals surface area contributed by atoms with Crippen molar-refractivity contribution in [3.05, 3.63) is 76.0 Å². The van der Waals surface area contributed by atoms with Crippen LogP contribution in [0.5, 0.6) is 0 Å². The maximum atomic E-state index is 13.8. The molecule has 2 aromatic carbocycles. The fraction of sp³-hybridized carbons (Fsp3) is 0.333. The summed E-state index contributed by atoms with van der Waals surface area (Å²) in [5, 5.41) is 17.9. The molecule has 1 amide bonds. The fourth-order valence-corrected chi connectivity index (χ4v) is 5.20. The molecule has 0 radical (unpaired) electrons. The Balaban J connectivity index is 0.000000310. The Morgan fingerprint density at radius 1 is 1.10 bits per heavy atom. The van der Waals surface area contributed by atoms with Gasteiger partial charge < -0.3 is 16.4 Å². The van der Waals surface area contributed by atoms with E-state index >= 15 is 0 Å². The number of hydrogen-bond donors (Lipinski definition) is 4. The number of amides is 1. The topological polar surface area (TPSA) is 189 Å². The number of hydroxylamine groups is 1. The smallest absolute Gasteiger partial charge is 0.268 e. The standard InChI is InChI=1S/C24H28N4O3.C6H7N5/c1-2-7-21-25-19-10-6-11-20(27-14-12-17(13-15-27)16-22(29)26-31)23(19)24(30)28(21)18-8-4-3-5-9-18;1-3-4(2-7)5(8)11-6(9)10-3/h3-6,8-11,17,31H,2,7,12-16H2,1H3,(H,26,29);1H3,(H4,8,9,10,11). The molecular formula is C30H35N9O3. The molecule has 0 saturated carbocycles. The van der Waals surface area contributed by atoms with Crippen LogP contribution in [0.15, 0.2) is 53.3 Å². The normalized spacial score (nSPS) is 13.2. The number of nitrogens with one attached hydrogen (secondary N) is 1. The van der Waals surface area contributed by atoms with Gasteiger partial charge >= 0.3 is 0 Å². The number of nitriles is 1. The van der Waals surface area contributed by atoms with Crippen LogP contribution in [-0.2, 0) is 11.2 Å². The van der Waals surface area contributed by atoms with Crippen LogP contribution in [0, 0.1) is 24.2 Å². The van der Waals surface area contributed by atoms with Crippen molar-refractivity contribution in [1.29, 1.82) is 5.26 Å². The molecule has 2 aromatic heterocycles. The van der Waals surface area contributed by atoms with Crippen LogP contribution >= 0.6 is 0 Å². The van der Waals surface area contributed by atoms with Crippen LogP contribution in [0.2, 0.25) is 0 Å². The van der Waals surface area contributed by atoms with Gasteiger partial charge in [-0.1, -0.05) is 31.2 Å². The average Bonchev–Trinajstić information content (AvgIpc) is 2.98. The molecule has 1 aliphatic rings. The lowest BCUT2D eigenvalue weighted by Gasteiger charge is -2.34. The van der Waals surface area contributed by atoms with Gasteiger partial charge in [-0.3, -0.25) is 19.4 Å². The molecule has 4 aromatic rings. The summed E-state index contributed by atoms with van der Waals surface area (Å²) >= 11 is 0. The van der Waals surface area contributed by atoms with Gasteiger partial charge in [0.05, 0.1) is 28.0 Å². The first-order chi connectivity index (χ1) is 20.3. The Kier molecular flexibility index (Phi) is 9.67. The zero-order valence-electron chi connectivity index (χ0n) is 23.7. The molecule has 0 spiro atoms. The van der Waals surface area contributed by atoms with Crippen molar-refractivity contribution in [3.8, 4) is 11.8 Å². The molecule has 0 unspecified atom stereocenters. The average molecular weight is 570 g/mol. The summed E-state index contributed by atoms with van der Waals surface area (Å²) in [4.78, 5) is 39.7. The highest BCUT2D eigenvalue weighted by Crippen LogP contribution is 2.29. The van der Waals surface area contributed by atoms with Crippen LogP contribution in [0.4, 0.5) is 17.5 Å². The van der Waals surface area contributed by atoms with Crippen molar-refractivity contribution in [3.63, 3.8) is 0 Å². The van der Waals surface area contributed by atoms with Gasteiger partial charge in [0.2, 0.25) is 11.9 Å². The van der Waals surface area contributed by atoms with Crippen LogP contribution in [-0.4, -0.2) is 43.7 Å². The zero-order chi connectivity index (χ0) is 30.2. The number of nitrogens with zero attached hydrogens (tertiary/aromatic N) is 6. The van der Waals surface area contributed by atoms with Gasteiger partial charge in [0.25, 0.3) is 5.56 Å². The summed E-state index contributed by atoms with van der Waals surface area (Å²) in [6.45, 7) is 5.25. The van der Waals surface area contributed by atoms with Gasteiger partial charge in [-0.25, -0.2) is 15.4 Å². The molecular weight excluding hydrogens is 534 g/mol. The number of carbonyl (C=O) groups excluding carboxylic acids is 1. The summed E-state index contributed by atoms with van der Waals surface area (Å²) < 4.78 is 1.74.